The van der Waals surface area contributed by atoms with E-state index in [-0.39, 0.29) is 6.61 Å². The van der Waals surface area contributed by atoms with Crippen molar-refractivity contribution in [2.24, 2.45) is 0 Å². The molecule has 0 atom stereocenters. The van der Waals surface area contributed by atoms with Gasteiger partial charge in [0.05, 0.1) is 14.2 Å². The van der Waals surface area contributed by atoms with Crippen LogP contribution in [0.25, 0.3) is 6.08 Å². The number of nitrogens with one attached hydrogen (secondary N) is 2. The minimum Gasteiger partial charge on any atom is -0.497 e. The Hall–Kier alpha value is -3.48. The third-order valence-corrected chi connectivity index (χ3v) is 3.30. The van der Waals surface area contributed by atoms with Crippen molar-refractivity contribution in [1.29, 1.82) is 0 Å². The number of carbonyl (C=O) groups is 2. The molecule has 0 bridgehead atoms. The smallest absolute Gasteiger partial charge is 0.276 e. The molecule has 2 amide bonds. The fourth-order valence-electron chi connectivity index (χ4n) is 1.92. The molecular weight excluding hydrogens is 336 g/mol. The molecule has 0 aliphatic rings. The summed E-state index contributed by atoms with van der Waals surface area (Å²) in [5.74, 6) is 1.01. The number of rotatable bonds is 7. The van der Waals surface area contributed by atoms with Crippen LogP contribution in [0.3, 0.4) is 0 Å². The van der Waals surface area contributed by atoms with Gasteiger partial charge in [-0.15, -0.1) is 0 Å². The Labute approximate surface area is 151 Å². The molecule has 2 rings (SSSR count). The van der Waals surface area contributed by atoms with Crippen molar-refractivity contribution in [2.75, 3.05) is 20.8 Å². The molecule has 2 aromatic rings. The Morgan fingerprint density at radius 3 is 1.96 bits per heavy atom. The lowest BCUT2D eigenvalue weighted by Gasteiger charge is -2.08. The van der Waals surface area contributed by atoms with E-state index in [1.807, 2.05) is 12.1 Å². The van der Waals surface area contributed by atoms with E-state index in [4.69, 9.17) is 14.2 Å². The number of amides is 2. The molecule has 0 fully saturated rings. The molecule has 0 aliphatic heterocycles. The normalized spacial score (nSPS) is 10.2. The van der Waals surface area contributed by atoms with Gasteiger partial charge >= 0.3 is 0 Å². The molecule has 0 saturated heterocycles. The van der Waals surface area contributed by atoms with Gasteiger partial charge in [0.1, 0.15) is 17.2 Å². The van der Waals surface area contributed by atoms with Crippen LogP contribution < -0.4 is 25.1 Å². The predicted octanol–water partition coefficient (Wildman–Crippen LogP) is 1.94. The first-order valence-corrected chi connectivity index (χ1v) is 7.78. The van der Waals surface area contributed by atoms with Crippen LogP contribution in [-0.4, -0.2) is 32.6 Å². The second-order valence-electron chi connectivity index (χ2n) is 5.11. The average molecular weight is 356 g/mol. The van der Waals surface area contributed by atoms with Crippen LogP contribution in [-0.2, 0) is 9.59 Å². The second-order valence-corrected chi connectivity index (χ2v) is 5.11. The zero-order chi connectivity index (χ0) is 18.8. The molecule has 0 aromatic heterocycles. The molecule has 2 N–H and O–H groups in total. The fraction of sp³-hybridized carbons (Fsp3) is 0.158. The van der Waals surface area contributed by atoms with E-state index >= 15 is 0 Å². The molecule has 0 radical (unpaired) electrons. The van der Waals surface area contributed by atoms with Crippen LogP contribution in [0.5, 0.6) is 17.2 Å². The van der Waals surface area contributed by atoms with Gasteiger partial charge in [-0.05, 0) is 48.0 Å². The van der Waals surface area contributed by atoms with Crippen molar-refractivity contribution in [3.05, 3.63) is 60.2 Å². The molecule has 0 aliphatic carbocycles. The standard InChI is InChI=1S/C19H20N2O5/c1-24-15-6-3-14(4-7-15)5-12-18(22)20-21-19(23)13-26-17-10-8-16(25-2)9-11-17/h3-12H,13H2,1-2H3,(H,20,22)(H,21,23)/b12-5+. The zero-order valence-corrected chi connectivity index (χ0v) is 14.5. The number of hydrazine groups is 1. The number of methoxy groups -OCH3 is 2. The van der Waals surface area contributed by atoms with E-state index in [1.54, 1.807) is 56.7 Å². The van der Waals surface area contributed by atoms with Crippen LogP contribution in [0.15, 0.2) is 54.6 Å². The summed E-state index contributed by atoms with van der Waals surface area (Å²) < 4.78 is 15.4. The van der Waals surface area contributed by atoms with Crippen LogP contribution >= 0.6 is 0 Å². The van der Waals surface area contributed by atoms with Crippen LogP contribution in [0.2, 0.25) is 0 Å². The lowest BCUT2D eigenvalue weighted by Crippen LogP contribution is -2.43. The van der Waals surface area contributed by atoms with Crippen LogP contribution in [0, 0.1) is 0 Å². The quantitative estimate of drug-likeness (QED) is 0.585. The average Bonchev–Trinajstić information content (AvgIpc) is 2.69. The van der Waals surface area contributed by atoms with E-state index < -0.39 is 11.8 Å². The van der Waals surface area contributed by atoms with Gasteiger partial charge in [-0.3, -0.25) is 20.4 Å². The third-order valence-electron chi connectivity index (χ3n) is 3.30. The molecule has 2 aromatic carbocycles. The first-order valence-electron chi connectivity index (χ1n) is 7.78. The van der Waals surface area contributed by atoms with Gasteiger partial charge in [-0.25, -0.2) is 0 Å². The first-order chi connectivity index (χ1) is 12.6. The lowest BCUT2D eigenvalue weighted by molar-refractivity contribution is -0.128. The molecule has 0 spiro atoms. The summed E-state index contributed by atoms with van der Waals surface area (Å²) in [5, 5.41) is 0. The minimum absolute atomic E-state index is 0.227. The molecule has 0 saturated carbocycles. The largest absolute Gasteiger partial charge is 0.497 e. The van der Waals surface area contributed by atoms with Crippen molar-refractivity contribution < 1.29 is 23.8 Å². The Kier molecular flexibility index (Phi) is 7.05. The van der Waals surface area contributed by atoms with Gasteiger partial charge in [0.25, 0.3) is 11.8 Å². The third kappa shape index (κ3) is 6.20. The van der Waals surface area contributed by atoms with Crippen molar-refractivity contribution in [3.63, 3.8) is 0 Å². The summed E-state index contributed by atoms with van der Waals surface area (Å²) in [6, 6.07) is 14.0. The maximum absolute atomic E-state index is 11.7. The van der Waals surface area contributed by atoms with Crippen LogP contribution in [0.1, 0.15) is 5.56 Å². The summed E-state index contributed by atoms with van der Waals surface area (Å²) in [6.45, 7) is -0.227. The predicted molar refractivity (Wildman–Crippen MR) is 96.8 cm³/mol. The number of carbonyl (C=O) groups excluding carboxylic acids is 2. The Morgan fingerprint density at radius 1 is 0.846 bits per heavy atom. The highest BCUT2D eigenvalue weighted by molar-refractivity contribution is 5.93. The number of ether oxygens (including phenoxy) is 3. The van der Waals surface area contributed by atoms with E-state index in [9.17, 15) is 9.59 Å². The molecule has 0 heterocycles. The summed E-state index contributed by atoms with van der Waals surface area (Å²) >= 11 is 0. The van der Waals surface area contributed by atoms with Gasteiger partial charge in [0, 0.05) is 6.08 Å². The highest BCUT2D eigenvalue weighted by atomic mass is 16.5. The van der Waals surface area contributed by atoms with Crippen LogP contribution in [0.4, 0.5) is 0 Å². The minimum atomic E-state index is -0.480. The topological polar surface area (TPSA) is 85.9 Å². The van der Waals surface area contributed by atoms with E-state index in [1.165, 1.54) is 6.08 Å². The molecule has 26 heavy (non-hydrogen) atoms. The lowest BCUT2D eigenvalue weighted by atomic mass is 10.2. The maximum Gasteiger partial charge on any atom is 0.276 e. The summed E-state index contributed by atoms with van der Waals surface area (Å²) in [6.07, 6.45) is 2.93. The zero-order valence-electron chi connectivity index (χ0n) is 14.5. The van der Waals surface area contributed by atoms with E-state index in [0.29, 0.717) is 11.5 Å². The van der Waals surface area contributed by atoms with Gasteiger partial charge in [0.15, 0.2) is 6.61 Å². The second kappa shape index (κ2) is 9.73. The molecular formula is C19H20N2O5. The van der Waals surface area contributed by atoms with E-state index in [0.717, 1.165) is 11.3 Å². The van der Waals surface area contributed by atoms with Crippen molar-refractivity contribution in [3.8, 4) is 17.2 Å². The van der Waals surface area contributed by atoms with E-state index in [2.05, 4.69) is 10.9 Å². The maximum atomic E-state index is 11.7. The molecule has 136 valence electrons. The van der Waals surface area contributed by atoms with Crippen molar-refractivity contribution in [1.82, 2.24) is 10.9 Å². The summed E-state index contributed by atoms with van der Waals surface area (Å²) in [4.78, 5) is 23.4. The summed E-state index contributed by atoms with van der Waals surface area (Å²) in [5.41, 5.74) is 5.38. The van der Waals surface area contributed by atoms with Gasteiger partial charge in [0.2, 0.25) is 0 Å². The monoisotopic (exact) mass is 356 g/mol. The van der Waals surface area contributed by atoms with Crippen molar-refractivity contribution >= 4 is 17.9 Å². The Balaban J connectivity index is 1.71. The highest BCUT2D eigenvalue weighted by Crippen LogP contribution is 2.16. The Bertz CT molecular complexity index is 755. The van der Waals surface area contributed by atoms with Gasteiger partial charge in [-0.2, -0.15) is 0 Å². The van der Waals surface area contributed by atoms with Gasteiger partial charge in [-0.1, -0.05) is 12.1 Å². The van der Waals surface area contributed by atoms with Crippen molar-refractivity contribution in [2.45, 2.75) is 0 Å². The molecule has 7 nitrogen and oxygen atoms in total. The number of hydrogen-bond donors (Lipinski definition) is 2. The Morgan fingerprint density at radius 2 is 1.38 bits per heavy atom. The fourth-order valence-corrected chi connectivity index (χ4v) is 1.92. The number of benzene rings is 2. The molecule has 7 heteroatoms. The molecule has 0 unspecified atom stereocenters. The summed E-state index contributed by atoms with van der Waals surface area (Å²) in [7, 11) is 3.15. The van der Waals surface area contributed by atoms with Gasteiger partial charge < -0.3 is 14.2 Å². The first kappa shape index (κ1) is 18.9. The SMILES string of the molecule is COc1ccc(/C=C/C(=O)NNC(=O)COc2ccc(OC)cc2)cc1. The highest BCUT2D eigenvalue weighted by Gasteiger charge is 2.04. The number of hydrogen-bond acceptors (Lipinski definition) is 5.